The number of hydrogen-bond acceptors (Lipinski definition) is 3. The van der Waals surface area contributed by atoms with E-state index in [1.807, 2.05) is 0 Å². The fourth-order valence-electron chi connectivity index (χ4n) is 2.78. The number of hydrogen-bond donors (Lipinski definition) is 2. The summed E-state index contributed by atoms with van der Waals surface area (Å²) in [6.45, 7) is 7.29. The molecule has 0 saturated heterocycles. The Kier molecular flexibility index (Phi) is 6.52. The van der Waals surface area contributed by atoms with Gasteiger partial charge in [-0.2, -0.15) is 0 Å². The van der Waals surface area contributed by atoms with Crippen LogP contribution in [0.3, 0.4) is 0 Å². The molecule has 0 radical (unpaired) electrons. The Morgan fingerprint density at radius 2 is 2.14 bits per heavy atom. The predicted octanol–water partition coefficient (Wildman–Crippen LogP) is 3.55. The molecule has 0 aliphatic heterocycles. The van der Waals surface area contributed by atoms with Gasteiger partial charge in [-0.3, -0.25) is 0 Å². The Bertz CT molecular complexity index is 446. The summed E-state index contributed by atoms with van der Waals surface area (Å²) < 4.78 is 1.12. The summed E-state index contributed by atoms with van der Waals surface area (Å²) in [5, 5.41) is 12.9. The van der Waals surface area contributed by atoms with Crippen molar-refractivity contribution in [2.75, 3.05) is 24.6 Å². The van der Waals surface area contributed by atoms with Gasteiger partial charge < -0.3 is 15.3 Å². The van der Waals surface area contributed by atoms with Gasteiger partial charge in [-0.25, -0.2) is 0 Å². The van der Waals surface area contributed by atoms with Crippen LogP contribution in [0.4, 0.5) is 5.69 Å². The lowest BCUT2D eigenvalue weighted by Gasteiger charge is -2.40. The maximum Gasteiger partial charge on any atom is 0.0606 e. The first-order valence-electron chi connectivity index (χ1n) is 7.98. The van der Waals surface area contributed by atoms with Crippen LogP contribution in [0.1, 0.15) is 38.7 Å². The van der Waals surface area contributed by atoms with Gasteiger partial charge in [0.2, 0.25) is 0 Å². The number of nitrogens with zero attached hydrogens (tertiary/aromatic N) is 1. The maximum absolute atomic E-state index is 9.39. The zero-order valence-electron chi connectivity index (χ0n) is 13.1. The number of benzene rings is 1. The van der Waals surface area contributed by atoms with Crippen molar-refractivity contribution in [2.24, 2.45) is 5.92 Å². The summed E-state index contributed by atoms with van der Waals surface area (Å²) in [5.74, 6) is 0.653. The average Bonchev–Trinajstić information content (AvgIpc) is 2.36. The number of anilines is 1. The van der Waals surface area contributed by atoms with Crippen molar-refractivity contribution in [3.8, 4) is 0 Å². The monoisotopic (exact) mass is 354 g/mol. The largest absolute Gasteiger partial charge is 0.395 e. The standard InChI is InChI=1S/C17H27BrN2O/c1-13(2)11-19-12-14-10-15(18)6-7-17(14)20(8-9-21)16-4-3-5-16/h6-7,10,13,16,19,21H,3-5,8-9,11-12H2,1-2H3. The lowest BCUT2D eigenvalue weighted by molar-refractivity contribution is 0.283. The highest BCUT2D eigenvalue weighted by molar-refractivity contribution is 9.10. The van der Waals surface area contributed by atoms with Crippen LogP contribution in [-0.2, 0) is 6.54 Å². The van der Waals surface area contributed by atoms with Crippen LogP contribution in [0.5, 0.6) is 0 Å². The van der Waals surface area contributed by atoms with E-state index in [0.29, 0.717) is 12.0 Å². The van der Waals surface area contributed by atoms with Gasteiger partial charge in [0.1, 0.15) is 0 Å². The molecule has 4 heteroatoms. The summed E-state index contributed by atoms with van der Waals surface area (Å²) >= 11 is 3.58. The zero-order valence-corrected chi connectivity index (χ0v) is 14.7. The third-order valence-corrected chi connectivity index (χ3v) is 4.57. The number of halogens is 1. The number of rotatable bonds is 8. The van der Waals surface area contributed by atoms with E-state index in [9.17, 15) is 5.11 Å². The Morgan fingerprint density at radius 1 is 1.38 bits per heavy atom. The molecule has 0 amide bonds. The van der Waals surface area contributed by atoms with Crippen molar-refractivity contribution in [2.45, 2.75) is 45.7 Å². The quantitative estimate of drug-likeness (QED) is 0.749. The smallest absolute Gasteiger partial charge is 0.0606 e. The Morgan fingerprint density at radius 3 is 2.71 bits per heavy atom. The molecule has 3 nitrogen and oxygen atoms in total. The van der Waals surface area contributed by atoms with Gasteiger partial charge in [0, 0.05) is 29.3 Å². The van der Waals surface area contributed by atoms with Crippen LogP contribution < -0.4 is 10.2 Å². The predicted molar refractivity (Wildman–Crippen MR) is 92.8 cm³/mol. The first-order valence-corrected chi connectivity index (χ1v) is 8.77. The van der Waals surface area contributed by atoms with Crippen LogP contribution in [0, 0.1) is 5.92 Å². The highest BCUT2D eigenvalue weighted by Gasteiger charge is 2.26. The average molecular weight is 355 g/mol. The van der Waals surface area contributed by atoms with Gasteiger partial charge in [-0.15, -0.1) is 0 Å². The van der Waals surface area contributed by atoms with Gasteiger partial charge in [0.15, 0.2) is 0 Å². The molecule has 1 aromatic rings. The lowest BCUT2D eigenvalue weighted by atomic mass is 9.90. The van der Waals surface area contributed by atoms with Crippen LogP contribution in [0.2, 0.25) is 0 Å². The first-order chi connectivity index (χ1) is 10.1. The SMILES string of the molecule is CC(C)CNCc1cc(Br)ccc1N(CCO)C1CCC1. The fraction of sp³-hybridized carbons (Fsp3) is 0.647. The summed E-state index contributed by atoms with van der Waals surface area (Å²) in [6, 6.07) is 7.09. The fourth-order valence-corrected chi connectivity index (χ4v) is 3.19. The van der Waals surface area contributed by atoms with E-state index in [-0.39, 0.29) is 6.61 Å². The molecule has 1 aromatic carbocycles. The van der Waals surface area contributed by atoms with Crippen molar-refractivity contribution in [3.63, 3.8) is 0 Å². The van der Waals surface area contributed by atoms with E-state index in [1.165, 1.54) is 30.5 Å². The molecule has 1 saturated carbocycles. The van der Waals surface area contributed by atoms with Gasteiger partial charge >= 0.3 is 0 Å². The molecular formula is C17H27BrN2O. The molecule has 1 fully saturated rings. The van der Waals surface area contributed by atoms with E-state index < -0.39 is 0 Å². The second-order valence-corrected chi connectivity index (χ2v) is 7.22. The van der Waals surface area contributed by atoms with Crippen LogP contribution in [0.15, 0.2) is 22.7 Å². The summed E-state index contributed by atoms with van der Waals surface area (Å²) in [6.07, 6.45) is 3.80. The number of aliphatic hydroxyl groups excluding tert-OH is 1. The minimum atomic E-state index is 0.214. The molecule has 0 spiro atoms. The third-order valence-electron chi connectivity index (χ3n) is 4.08. The van der Waals surface area contributed by atoms with Crippen molar-refractivity contribution in [1.29, 1.82) is 0 Å². The minimum Gasteiger partial charge on any atom is -0.395 e. The Balaban J connectivity index is 2.15. The van der Waals surface area contributed by atoms with E-state index in [0.717, 1.165) is 24.1 Å². The molecule has 2 N–H and O–H groups in total. The normalized spacial score (nSPS) is 15.3. The molecule has 0 unspecified atom stereocenters. The minimum absolute atomic E-state index is 0.214. The summed E-state index contributed by atoms with van der Waals surface area (Å²) in [5.41, 5.74) is 2.58. The maximum atomic E-state index is 9.39. The first kappa shape index (κ1) is 16.8. The highest BCUT2D eigenvalue weighted by atomic mass is 79.9. The van der Waals surface area contributed by atoms with Gasteiger partial charge in [-0.05, 0) is 55.5 Å². The molecule has 0 bridgehead atoms. The van der Waals surface area contributed by atoms with E-state index in [1.54, 1.807) is 0 Å². The van der Waals surface area contributed by atoms with Crippen molar-refractivity contribution in [3.05, 3.63) is 28.2 Å². The molecule has 21 heavy (non-hydrogen) atoms. The van der Waals surface area contributed by atoms with E-state index >= 15 is 0 Å². The second kappa shape index (κ2) is 8.16. The van der Waals surface area contributed by atoms with Crippen molar-refractivity contribution >= 4 is 21.6 Å². The molecule has 1 aliphatic rings. The second-order valence-electron chi connectivity index (χ2n) is 6.30. The van der Waals surface area contributed by atoms with Crippen LogP contribution in [-0.4, -0.2) is 30.8 Å². The molecule has 2 rings (SSSR count). The highest BCUT2D eigenvalue weighted by Crippen LogP contribution is 2.32. The molecule has 0 heterocycles. The zero-order chi connectivity index (χ0) is 15.2. The Hall–Kier alpha value is -0.580. The van der Waals surface area contributed by atoms with Gasteiger partial charge in [-0.1, -0.05) is 29.8 Å². The lowest BCUT2D eigenvalue weighted by Crippen LogP contribution is -2.42. The third kappa shape index (κ3) is 4.70. The summed E-state index contributed by atoms with van der Waals surface area (Å²) in [4.78, 5) is 2.39. The molecule has 1 aliphatic carbocycles. The van der Waals surface area contributed by atoms with E-state index in [4.69, 9.17) is 0 Å². The molecule has 118 valence electrons. The van der Waals surface area contributed by atoms with Crippen LogP contribution >= 0.6 is 15.9 Å². The van der Waals surface area contributed by atoms with Gasteiger partial charge in [0.05, 0.1) is 6.61 Å². The topological polar surface area (TPSA) is 35.5 Å². The van der Waals surface area contributed by atoms with Gasteiger partial charge in [0.25, 0.3) is 0 Å². The number of aliphatic hydroxyl groups is 1. The molecule has 0 aromatic heterocycles. The summed E-state index contributed by atoms with van der Waals surface area (Å²) in [7, 11) is 0. The number of nitrogens with one attached hydrogen (secondary N) is 1. The van der Waals surface area contributed by atoms with E-state index in [2.05, 4.69) is 58.2 Å². The van der Waals surface area contributed by atoms with Crippen LogP contribution in [0.25, 0.3) is 0 Å². The van der Waals surface area contributed by atoms with Crippen molar-refractivity contribution in [1.82, 2.24) is 5.32 Å². The van der Waals surface area contributed by atoms with Crippen molar-refractivity contribution < 1.29 is 5.11 Å². The Labute approximate surface area is 136 Å². The molecular weight excluding hydrogens is 328 g/mol. The molecule has 0 atom stereocenters.